The molecule has 0 radical (unpaired) electrons. The fourth-order valence-corrected chi connectivity index (χ4v) is 2.79. The van der Waals surface area contributed by atoms with E-state index < -0.39 is 23.2 Å². The summed E-state index contributed by atoms with van der Waals surface area (Å²) < 4.78 is 32.7. The van der Waals surface area contributed by atoms with Crippen LogP contribution in [0.1, 0.15) is 38.4 Å². The molecule has 28 heavy (non-hydrogen) atoms. The molecule has 0 spiro atoms. The van der Waals surface area contributed by atoms with Gasteiger partial charge in [-0.25, -0.2) is 8.78 Å². The quantitative estimate of drug-likeness (QED) is 0.449. The van der Waals surface area contributed by atoms with E-state index in [-0.39, 0.29) is 24.1 Å². The van der Waals surface area contributed by atoms with Gasteiger partial charge in [-0.2, -0.15) is 0 Å². The molecule has 0 saturated carbocycles. The number of aromatic nitrogens is 1. The van der Waals surface area contributed by atoms with Gasteiger partial charge in [0.05, 0.1) is 13.5 Å². The van der Waals surface area contributed by atoms with Gasteiger partial charge < -0.3 is 4.74 Å². The van der Waals surface area contributed by atoms with Gasteiger partial charge in [-0.05, 0) is 29.8 Å². The van der Waals surface area contributed by atoms with Gasteiger partial charge in [0.1, 0.15) is 23.1 Å². The molecule has 0 aliphatic heterocycles. The highest BCUT2D eigenvalue weighted by Gasteiger charge is 2.16. The maximum absolute atomic E-state index is 13.8. The Balaban J connectivity index is 1.76. The molecule has 0 saturated heterocycles. The molecular weight excluding hydrogens is 364 g/mol. The summed E-state index contributed by atoms with van der Waals surface area (Å²) in [4.78, 5) is 28.8. The Hall–Kier alpha value is -3.41. The van der Waals surface area contributed by atoms with Gasteiger partial charge in [-0.1, -0.05) is 24.3 Å². The van der Waals surface area contributed by atoms with Crippen molar-refractivity contribution < 1.29 is 23.1 Å². The number of methoxy groups -OCH3 is 1. The van der Waals surface area contributed by atoms with Crippen molar-refractivity contribution in [2.45, 2.75) is 12.8 Å². The lowest BCUT2D eigenvalue weighted by Crippen LogP contribution is -2.10. The van der Waals surface area contributed by atoms with Crippen LogP contribution in [0.4, 0.5) is 8.78 Å². The molecule has 0 fully saturated rings. The lowest BCUT2D eigenvalue weighted by molar-refractivity contribution is 0.0891. The number of hydrogen-bond donors (Lipinski definition) is 0. The van der Waals surface area contributed by atoms with Crippen LogP contribution in [0.5, 0.6) is 5.75 Å². The Bertz CT molecular complexity index is 1010. The molecule has 3 rings (SSSR count). The third kappa shape index (κ3) is 4.46. The van der Waals surface area contributed by atoms with Gasteiger partial charge >= 0.3 is 0 Å². The van der Waals surface area contributed by atoms with E-state index in [1.54, 1.807) is 30.3 Å². The minimum Gasteiger partial charge on any atom is -0.497 e. The maximum Gasteiger partial charge on any atom is 0.189 e. The summed E-state index contributed by atoms with van der Waals surface area (Å²) in [5.41, 5.74) is 0.938. The van der Waals surface area contributed by atoms with Crippen LogP contribution in [-0.2, 0) is 6.42 Å². The second kappa shape index (κ2) is 8.52. The number of benzene rings is 2. The van der Waals surface area contributed by atoms with E-state index in [9.17, 15) is 18.4 Å². The number of carbonyl (C=O) groups is 2. The molecule has 1 aromatic heterocycles. The molecule has 6 heteroatoms. The lowest BCUT2D eigenvalue weighted by Gasteiger charge is -2.07. The van der Waals surface area contributed by atoms with Crippen molar-refractivity contribution in [3.63, 3.8) is 0 Å². The van der Waals surface area contributed by atoms with Crippen LogP contribution < -0.4 is 4.74 Å². The van der Waals surface area contributed by atoms with Crippen LogP contribution >= 0.6 is 0 Å². The number of ether oxygens (including phenoxy) is 1. The van der Waals surface area contributed by atoms with Crippen LogP contribution in [0.3, 0.4) is 0 Å². The van der Waals surface area contributed by atoms with Crippen LogP contribution in [0, 0.1) is 11.6 Å². The van der Waals surface area contributed by atoms with Crippen molar-refractivity contribution in [3.8, 4) is 5.75 Å². The summed E-state index contributed by atoms with van der Waals surface area (Å²) in [6.07, 6.45) is 1.07. The molecule has 0 bridgehead atoms. The van der Waals surface area contributed by atoms with Crippen molar-refractivity contribution in [2.24, 2.45) is 0 Å². The van der Waals surface area contributed by atoms with E-state index in [2.05, 4.69) is 4.98 Å². The number of pyridine rings is 1. The molecule has 3 aromatic rings. The lowest BCUT2D eigenvalue weighted by atomic mass is 9.98. The zero-order chi connectivity index (χ0) is 20.1. The average molecular weight is 381 g/mol. The highest BCUT2D eigenvalue weighted by atomic mass is 19.1. The molecule has 4 nitrogen and oxygen atoms in total. The van der Waals surface area contributed by atoms with Crippen molar-refractivity contribution >= 4 is 11.6 Å². The fourth-order valence-electron chi connectivity index (χ4n) is 2.79. The summed E-state index contributed by atoms with van der Waals surface area (Å²) in [6, 6.07) is 13.1. The minimum atomic E-state index is -0.643. The van der Waals surface area contributed by atoms with E-state index in [1.807, 2.05) is 0 Å². The first-order valence-electron chi connectivity index (χ1n) is 8.56. The van der Waals surface area contributed by atoms with E-state index in [0.29, 0.717) is 16.9 Å². The van der Waals surface area contributed by atoms with E-state index >= 15 is 0 Å². The Kier molecular flexibility index (Phi) is 5.89. The van der Waals surface area contributed by atoms with Crippen LogP contribution in [-0.4, -0.2) is 23.7 Å². The van der Waals surface area contributed by atoms with Crippen LogP contribution in [0.15, 0.2) is 60.8 Å². The summed E-state index contributed by atoms with van der Waals surface area (Å²) in [6.45, 7) is 0. The summed E-state index contributed by atoms with van der Waals surface area (Å²) in [7, 11) is 1.47. The number of carbonyl (C=O) groups excluding carboxylic acids is 2. The number of Topliss-reactive ketones (excluding diaryl/α,β-unsaturated/α-hetero) is 2. The number of nitrogens with zero attached hydrogens (tertiary/aromatic N) is 1. The van der Waals surface area contributed by atoms with Crippen molar-refractivity contribution in [1.82, 2.24) is 4.98 Å². The van der Waals surface area contributed by atoms with Gasteiger partial charge in [-0.15, -0.1) is 0 Å². The number of rotatable bonds is 7. The maximum atomic E-state index is 13.8. The Labute approximate surface area is 160 Å². The first kappa shape index (κ1) is 19.4. The normalized spacial score (nSPS) is 10.5. The number of hydrogen-bond acceptors (Lipinski definition) is 4. The fraction of sp³-hybridized carbons (Fsp3) is 0.136. The Morgan fingerprint density at radius 3 is 2.39 bits per heavy atom. The first-order chi connectivity index (χ1) is 13.5. The average Bonchev–Trinajstić information content (AvgIpc) is 2.71. The molecule has 0 aliphatic carbocycles. The molecule has 0 amide bonds. The Morgan fingerprint density at radius 2 is 1.68 bits per heavy atom. The van der Waals surface area contributed by atoms with Gasteiger partial charge in [0.25, 0.3) is 0 Å². The number of halogens is 2. The predicted molar refractivity (Wildman–Crippen MR) is 99.7 cm³/mol. The molecule has 2 aromatic carbocycles. The summed E-state index contributed by atoms with van der Waals surface area (Å²) in [5.74, 6) is -1.65. The van der Waals surface area contributed by atoms with E-state index in [1.165, 1.54) is 37.6 Å². The monoisotopic (exact) mass is 381 g/mol. The van der Waals surface area contributed by atoms with Crippen LogP contribution in [0.2, 0.25) is 0 Å². The third-order valence-corrected chi connectivity index (χ3v) is 4.27. The largest absolute Gasteiger partial charge is 0.497 e. The molecular formula is C22H17F2NO3. The first-order valence-corrected chi connectivity index (χ1v) is 8.56. The topological polar surface area (TPSA) is 56.3 Å². The van der Waals surface area contributed by atoms with Gasteiger partial charge in [-0.3, -0.25) is 14.6 Å². The zero-order valence-corrected chi connectivity index (χ0v) is 15.1. The molecule has 0 aliphatic rings. The van der Waals surface area contributed by atoms with E-state index in [0.717, 1.165) is 0 Å². The Morgan fingerprint density at radius 1 is 0.964 bits per heavy atom. The molecule has 142 valence electrons. The standard InChI is InChI=1S/C22H17F2NO3/c1-28-16-8-9-25-20(12-16)22(27)13-21(26)15-5-2-4-14(10-15)11-17-18(23)6-3-7-19(17)24/h2-10,12H,11,13H2,1H3. The van der Waals surface area contributed by atoms with Crippen LogP contribution in [0.25, 0.3) is 0 Å². The second-order valence-electron chi connectivity index (χ2n) is 6.18. The highest BCUT2D eigenvalue weighted by molar-refractivity contribution is 6.13. The van der Waals surface area contributed by atoms with Gasteiger partial charge in [0.2, 0.25) is 0 Å². The van der Waals surface area contributed by atoms with Gasteiger partial charge in [0.15, 0.2) is 11.6 Å². The second-order valence-corrected chi connectivity index (χ2v) is 6.18. The van der Waals surface area contributed by atoms with Gasteiger partial charge in [0, 0.05) is 29.8 Å². The van der Waals surface area contributed by atoms with Crippen molar-refractivity contribution in [2.75, 3.05) is 7.11 Å². The van der Waals surface area contributed by atoms with E-state index in [4.69, 9.17) is 4.74 Å². The smallest absolute Gasteiger partial charge is 0.189 e. The molecule has 0 unspecified atom stereocenters. The zero-order valence-electron chi connectivity index (χ0n) is 15.1. The molecule has 1 heterocycles. The minimum absolute atomic E-state index is 0.00497. The third-order valence-electron chi connectivity index (χ3n) is 4.27. The highest BCUT2D eigenvalue weighted by Crippen LogP contribution is 2.19. The molecule has 0 N–H and O–H groups in total. The summed E-state index contributed by atoms with van der Waals surface area (Å²) in [5, 5.41) is 0. The van der Waals surface area contributed by atoms with Crippen molar-refractivity contribution in [1.29, 1.82) is 0 Å². The predicted octanol–water partition coefficient (Wildman–Crippen LogP) is 4.41. The molecule has 0 atom stereocenters. The summed E-state index contributed by atoms with van der Waals surface area (Å²) >= 11 is 0. The van der Waals surface area contributed by atoms with Crippen molar-refractivity contribution in [3.05, 3.63) is 94.8 Å². The number of ketones is 2. The SMILES string of the molecule is COc1ccnc(C(=O)CC(=O)c2cccc(Cc3c(F)cccc3F)c2)c1.